The minimum Gasteiger partial charge on any atom is -0.345 e. The molecular formula is C17H19F4N3O2. The summed E-state index contributed by atoms with van der Waals surface area (Å²) in [5.74, 6) is -1.40. The standard InChI is InChI=1S/C17H19F4N3O2/c1-23-7-2-5-16(14(23)25)6-8-24(10-16)15(26)22-11-3-4-13(18)12(9-11)17(19,20)21/h3-4,9H,2,5-8,10H2,1H3,(H,22,26). The van der Waals surface area contributed by atoms with Gasteiger partial charge in [0.15, 0.2) is 0 Å². The molecule has 2 heterocycles. The monoisotopic (exact) mass is 373 g/mol. The average molecular weight is 373 g/mol. The molecule has 142 valence electrons. The number of carbonyl (C=O) groups is 2. The maximum Gasteiger partial charge on any atom is 0.419 e. The molecule has 2 saturated heterocycles. The summed E-state index contributed by atoms with van der Waals surface area (Å²) in [6.07, 6.45) is -2.78. The lowest BCUT2D eigenvalue weighted by Crippen LogP contribution is -2.49. The number of nitrogens with one attached hydrogen (secondary N) is 1. The minimum atomic E-state index is -4.85. The highest BCUT2D eigenvalue weighted by atomic mass is 19.4. The van der Waals surface area contributed by atoms with Gasteiger partial charge >= 0.3 is 12.2 Å². The maximum absolute atomic E-state index is 13.3. The highest BCUT2D eigenvalue weighted by Gasteiger charge is 2.48. The first-order valence-electron chi connectivity index (χ1n) is 8.31. The topological polar surface area (TPSA) is 52.6 Å². The number of anilines is 1. The number of nitrogens with zero attached hydrogens (tertiary/aromatic N) is 2. The Morgan fingerprint density at radius 1 is 1.23 bits per heavy atom. The van der Waals surface area contributed by atoms with Crippen LogP contribution >= 0.6 is 0 Å². The van der Waals surface area contributed by atoms with E-state index in [4.69, 9.17) is 0 Å². The van der Waals surface area contributed by atoms with Gasteiger partial charge in [0.2, 0.25) is 5.91 Å². The lowest BCUT2D eigenvalue weighted by Gasteiger charge is -2.37. The summed E-state index contributed by atoms with van der Waals surface area (Å²) in [7, 11) is 1.73. The SMILES string of the molecule is CN1CCCC2(CCN(C(=O)Nc3ccc(F)c(C(F)(F)F)c3)C2)C1=O. The van der Waals surface area contributed by atoms with E-state index in [0.29, 0.717) is 38.1 Å². The molecule has 0 radical (unpaired) electrons. The van der Waals surface area contributed by atoms with Crippen LogP contribution in [0.15, 0.2) is 18.2 Å². The number of amides is 3. The number of urea groups is 1. The van der Waals surface area contributed by atoms with Gasteiger partial charge in [0.1, 0.15) is 5.82 Å². The second-order valence-corrected chi connectivity index (χ2v) is 6.90. The molecule has 2 fully saturated rings. The summed E-state index contributed by atoms with van der Waals surface area (Å²) >= 11 is 0. The van der Waals surface area contributed by atoms with Gasteiger partial charge in [-0.05, 0) is 37.5 Å². The molecule has 1 aromatic rings. The summed E-state index contributed by atoms with van der Waals surface area (Å²) < 4.78 is 51.7. The van der Waals surface area contributed by atoms with Gasteiger partial charge in [-0.1, -0.05) is 0 Å². The first-order chi connectivity index (χ1) is 12.1. The van der Waals surface area contributed by atoms with Gasteiger partial charge in [-0.15, -0.1) is 0 Å². The Bertz CT molecular complexity index is 737. The average Bonchev–Trinajstić information content (AvgIpc) is 2.99. The van der Waals surface area contributed by atoms with Crippen molar-refractivity contribution in [2.45, 2.75) is 25.4 Å². The van der Waals surface area contributed by atoms with Gasteiger partial charge in [0.25, 0.3) is 0 Å². The highest BCUT2D eigenvalue weighted by Crippen LogP contribution is 2.40. The molecule has 3 amide bonds. The number of piperidine rings is 1. The molecule has 0 saturated carbocycles. The molecule has 1 spiro atoms. The number of benzene rings is 1. The second kappa shape index (κ2) is 6.44. The van der Waals surface area contributed by atoms with Crippen molar-refractivity contribution in [1.82, 2.24) is 9.80 Å². The van der Waals surface area contributed by atoms with E-state index in [2.05, 4.69) is 5.32 Å². The molecule has 0 aliphatic carbocycles. The molecule has 0 bridgehead atoms. The van der Waals surface area contributed by atoms with E-state index in [-0.39, 0.29) is 18.1 Å². The number of rotatable bonds is 1. The van der Waals surface area contributed by atoms with Crippen molar-refractivity contribution in [3.8, 4) is 0 Å². The minimum absolute atomic E-state index is 0.000176. The molecular weight excluding hydrogens is 354 g/mol. The van der Waals surface area contributed by atoms with E-state index >= 15 is 0 Å². The van der Waals surface area contributed by atoms with Crippen molar-refractivity contribution >= 4 is 17.6 Å². The summed E-state index contributed by atoms with van der Waals surface area (Å²) in [6.45, 7) is 1.26. The zero-order valence-electron chi connectivity index (χ0n) is 14.2. The predicted octanol–water partition coefficient (Wildman–Crippen LogP) is 3.32. The van der Waals surface area contributed by atoms with Crippen LogP contribution in [0.1, 0.15) is 24.8 Å². The number of hydrogen-bond acceptors (Lipinski definition) is 2. The number of alkyl halides is 3. The Hall–Kier alpha value is -2.32. The van der Waals surface area contributed by atoms with Crippen molar-refractivity contribution in [1.29, 1.82) is 0 Å². The summed E-state index contributed by atoms with van der Waals surface area (Å²) in [5, 5.41) is 2.37. The zero-order chi connectivity index (χ0) is 19.1. The van der Waals surface area contributed by atoms with E-state index in [1.54, 1.807) is 11.9 Å². The lowest BCUT2D eigenvalue weighted by atomic mass is 9.78. The Labute approximate surface area is 147 Å². The van der Waals surface area contributed by atoms with Crippen molar-refractivity contribution in [2.75, 3.05) is 32.0 Å². The van der Waals surface area contributed by atoms with Crippen LogP contribution in [0.3, 0.4) is 0 Å². The number of carbonyl (C=O) groups excluding carboxylic acids is 2. The fraction of sp³-hybridized carbons (Fsp3) is 0.529. The van der Waals surface area contributed by atoms with Gasteiger partial charge in [-0.3, -0.25) is 4.79 Å². The Balaban J connectivity index is 1.71. The van der Waals surface area contributed by atoms with Crippen LogP contribution in [-0.2, 0) is 11.0 Å². The smallest absolute Gasteiger partial charge is 0.345 e. The molecule has 3 rings (SSSR count). The lowest BCUT2D eigenvalue weighted by molar-refractivity contribution is -0.143. The Morgan fingerprint density at radius 3 is 2.65 bits per heavy atom. The van der Waals surface area contributed by atoms with Gasteiger partial charge in [0, 0.05) is 32.4 Å². The largest absolute Gasteiger partial charge is 0.419 e. The van der Waals surface area contributed by atoms with Crippen LogP contribution in [0, 0.1) is 11.2 Å². The van der Waals surface area contributed by atoms with Gasteiger partial charge in [0.05, 0.1) is 11.0 Å². The first-order valence-corrected chi connectivity index (χ1v) is 8.31. The third-order valence-corrected chi connectivity index (χ3v) is 5.11. The van der Waals surface area contributed by atoms with E-state index in [1.807, 2.05) is 0 Å². The molecule has 26 heavy (non-hydrogen) atoms. The van der Waals surface area contributed by atoms with Gasteiger partial charge in [-0.25, -0.2) is 9.18 Å². The van der Waals surface area contributed by atoms with Gasteiger partial charge in [-0.2, -0.15) is 13.2 Å². The molecule has 2 aliphatic rings. The van der Waals surface area contributed by atoms with Crippen molar-refractivity contribution in [3.63, 3.8) is 0 Å². The summed E-state index contributed by atoms with van der Waals surface area (Å²) in [6, 6.07) is 1.72. The fourth-order valence-corrected chi connectivity index (χ4v) is 3.72. The summed E-state index contributed by atoms with van der Waals surface area (Å²) in [5.41, 5.74) is -2.18. The van der Waals surface area contributed by atoms with Crippen LogP contribution in [0.5, 0.6) is 0 Å². The molecule has 0 aromatic heterocycles. The van der Waals surface area contributed by atoms with Crippen molar-refractivity contribution in [2.24, 2.45) is 5.41 Å². The third kappa shape index (κ3) is 3.34. The predicted molar refractivity (Wildman–Crippen MR) is 85.9 cm³/mol. The highest BCUT2D eigenvalue weighted by molar-refractivity contribution is 5.91. The number of likely N-dealkylation sites (tertiary alicyclic amines) is 2. The Kier molecular flexibility index (Phi) is 4.58. The summed E-state index contributed by atoms with van der Waals surface area (Å²) in [4.78, 5) is 27.9. The van der Waals surface area contributed by atoms with Crippen LogP contribution < -0.4 is 5.32 Å². The van der Waals surface area contributed by atoms with Crippen molar-refractivity contribution < 1.29 is 27.2 Å². The second-order valence-electron chi connectivity index (χ2n) is 6.90. The number of halogens is 4. The molecule has 1 N–H and O–H groups in total. The molecule has 5 nitrogen and oxygen atoms in total. The van der Waals surface area contributed by atoms with E-state index in [1.165, 1.54) is 4.90 Å². The molecule has 1 aromatic carbocycles. The maximum atomic E-state index is 13.3. The van der Waals surface area contributed by atoms with Crippen molar-refractivity contribution in [3.05, 3.63) is 29.6 Å². The zero-order valence-corrected chi connectivity index (χ0v) is 14.2. The van der Waals surface area contributed by atoms with Gasteiger partial charge < -0.3 is 15.1 Å². The number of hydrogen-bond donors (Lipinski definition) is 1. The quantitative estimate of drug-likeness (QED) is 0.768. The molecule has 1 atom stereocenters. The van der Waals surface area contributed by atoms with E-state index < -0.39 is 29.0 Å². The van der Waals surface area contributed by atoms with Crippen LogP contribution in [0.4, 0.5) is 28.0 Å². The normalized spacial score (nSPS) is 23.7. The third-order valence-electron chi connectivity index (χ3n) is 5.11. The molecule has 9 heteroatoms. The van der Waals surface area contributed by atoms with Crippen LogP contribution in [0.2, 0.25) is 0 Å². The molecule has 1 unspecified atom stereocenters. The fourth-order valence-electron chi connectivity index (χ4n) is 3.72. The molecule has 2 aliphatic heterocycles. The van der Waals surface area contributed by atoms with Crippen LogP contribution in [0.25, 0.3) is 0 Å². The van der Waals surface area contributed by atoms with Crippen LogP contribution in [-0.4, -0.2) is 48.4 Å². The van der Waals surface area contributed by atoms with E-state index in [9.17, 15) is 27.2 Å². The van der Waals surface area contributed by atoms with E-state index in [0.717, 1.165) is 12.5 Å². The Morgan fingerprint density at radius 2 is 1.96 bits per heavy atom. The first kappa shape index (κ1) is 18.5.